The molecule has 1 aromatic heterocycles. The largest absolute Gasteiger partial charge is 0.508 e. The molecule has 2 saturated heterocycles. The van der Waals surface area contributed by atoms with Crippen LogP contribution < -0.4 is 4.90 Å². The summed E-state index contributed by atoms with van der Waals surface area (Å²) in [5, 5.41) is 20.7. The lowest BCUT2D eigenvalue weighted by molar-refractivity contribution is -0.143. The summed E-state index contributed by atoms with van der Waals surface area (Å²) in [5.74, 6) is -4.52. The molecule has 50 heavy (non-hydrogen) atoms. The molecule has 3 heterocycles. The number of carbonyl (C=O) groups is 2. The van der Waals surface area contributed by atoms with E-state index in [9.17, 15) is 46.1 Å². The van der Waals surface area contributed by atoms with Gasteiger partial charge in [-0.3, -0.25) is 14.6 Å². The average Bonchev–Trinajstić information content (AvgIpc) is 3.32. The van der Waals surface area contributed by atoms with E-state index in [1.54, 1.807) is 36.5 Å². The Morgan fingerprint density at radius 3 is 2.26 bits per heavy atom. The van der Waals surface area contributed by atoms with Gasteiger partial charge in [0.15, 0.2) is 0 Å². The van der Waals surface area contributed by atoms with Crippen LogP contribution in [0, 0.1) is 17.8 Å². The zero-order valence-electron chi connectivity index (χ0n) is 26.8. The van der Waals surface area contributed by atoms with Crippen LogP contribution in [0.5, 0.6) is 5.75 Å². The van der Waals surface area contributed by atoms with Crippen molar-refractivity contribution in [1.82, 2.24) is 4.98 Å². The smallest absolute Gasteiger partial charge is 0.455 e. The number of aromatic nitrogens is 1. The minimum atomic E-state index is -5.17. The Morgan fingerprint density at radius 2 is 1.66 bits per heavy atom. The first-order valence-corrected chi connectivity index (χ1v) is 16.3. The molecule has 2 amide bonds. The van der Waals surface area contributed by atoms with Crippen molar-refractivity contribution in [2.45, 2.75) is 63.8 Å². The maximum Gasteiger partial charge on any atom is 0.455 e. The highest BCUT2D eigenvalue weighted by Gasteiger charge is 2.58. The lowest BCUT2D eigenvalue weighted by atomic mass is 9.58. The van der Waals surface area contributed by atoms with Crippen molar-refractivity contribution < 1.29 is 50.7 Å². The van der Waals surface area contributed by atoms with Gasteiger partial charge in [0.2, 0.25) is 11.8 Å². The van der Waals surface area contributed by atoms with Crippen LogP contribution in [0.15, 0.2) is 78.0 Å². The number of phenolic OH excluding ortho intramolecular Hbond substituents is 1. The van der Waals surface area contributed by atoms with Crippen LogP contribution >= 0.6 is 0 Å². The number of nitrogens with zero attached hydrogens (tertiary/aromatic N) is 2. The van der Waals surface area contributed by atoms with Crippen molar-refractivity contribution in [3.8, 4) is 5.75 Å². The molecule has 262 valence electrons. The average molecular weight is 698 g/mol. The number of benzene rings is 2. The molecule has 2 aromatic carbocycles. The molecule has 3 aliphatic rings. The molecule has 2 fully saturated rings. The number of rotatable bonds is 8. The number of alkyl halides is 6. The van der Waals surface area contributed by atoms with E-state index in [2.05, 4.69) is 4.98 Å². The van der Waals surface area contributed by atoms with Gasteiger partial charge in [0.25, 0.3) is 0 Å². The number of carbonyl (C=O) groups excluding carboxylic acids is 2. The van der Waals surface area contributed by atoms with Crippen LogP contribution in [0.2, 0.25) is 6.32 Å². The van der Waals surface area contributed by atoms with Gasteiger partial charge in [0.1, 0.15) is 5.75 Å². The molecule has 0 bridgehead atoms. The Kier molecular flexibility index (Phi) is 9.71. The maximum atomic E-state index is 14.0. The Balaban J connectivity index is 1.35. The third kappa shape index (κ3) is 7.09. The number of aromatic hydroxyl groups is 1. The van der Waals surface area contributed by atoms with Crippen molar-refractivity contribution in [2.75, 3.05) is 4.90 Å². The summed E-state index contributed by atoms with van der Waals surface area (Å²) in [6, 6.07) is 12.8. The normalized spacial score (nSPS) is 23.0. The van der Waals surface area contributed by atoms with Crippen LogP contribution in [-0.2, 0) is 26.6 Å². The molecule has 1 aliphatic carbocycles. The van der Waals surface area contributed by atoms with Crippen LogP contribution in [0.4, 0.5) is 32.0 Å². The standard InChI is InChI=1S/C36H33BF6N2O5/c1-2-5-22-15-27-32(34(48)45(33(27)47)25-17-23(35(38,39)40)16-24(18-25)36(41,42)43)28-19-37(49)50-30(31(22)28)12-9-21(29-6-3-4-13-44-29)14-20-7-10-26(46)11-8-20/h3-4,6-8,10-11,13-14,16-18,27-28,30,32,46,49H,2,5,9,12,15,19H2,1H3/b21-14-/t27-,28+,30-,32-/m1/s1. The number of pyridine rings is 1. The fourth-order valence-electron chi connectivity index (χ4n) is 7.51. The Morgan fingerprint density at radius 1 is 0.980 bits per heavy atom. The van der Waals surface area contributed by atoms with Gasteiger partial charge in [-0.15, -0.1) is 0 Å². The van der Waals surface area contributed by atoms with Gasteiger partial charge in [-0.25, -0.2) is 4.90 Å². The minimum absolute atomic E-state index is 0.0463. The number of hydrogen-bond donors (Lipinski definition) is 2. The predicted molar refractivity (Wildman–Crippen MR) is 173 cm³/mol. The number of imide groups is 1. The molecule has 0 spiro atoms. The van der Waals surface area contributed by atoms with Gasteiger partial charge in [0, 0.05) is 6.20 Å². The first kappa shape index (κ1) is 35.4. The van der Waals surface area contributed by atoms with E-state index in [0.29, 0.717) is 48.4 Å². The number of amides is 2. The van der Waals surface area contributed by atoms with Crippen LogP contribution in [0.25, 0.3) is 11.6 Å². The second-order valence-electron chi connectivity index (χ2n) is 12.9. The molecule has 4 atom stereocenters. The molecule has 14 heteroatoms. The molecule has 6 rings (SSSR count). The predicted octanol–water partition coefficient (Wildman–Crippen LogP) is 7.95. The molecular weight excluding hydrogens is 665 g/mol. The highest BCUT2D eigenvalue weighted by Crippen LogP contribution is 2.53. The third-order valence-electron chi connectivity index (χ3n) is 9.59. The molecule has 2 N–H and O–H groups in total. The van der Waals surface area contributed by atoms with E-state index < -0.39 is 72.0 Å². The summed E-state index contributed by atoms with van der Waals surface area (Å²) in [4.78, 5) is 32.8. The van der Waals surface area contributed by atoms with Crippen molar-refractivity contribution >= 4 is 36.3 Å². The number of hydrogen-bond acceptors (Lipinski definition) is 6. The van der Waals surface area contributed by atoms with Gasteiger partial charge in [-0.2, -0.15) is 26.3 Å². The van der Waals surface area contributed by atoms with Gasteiger partial charge in [-0.1, -0.05) is 37.1 Å². The van der Waals surface area contributed by atoms with E-state index in [-0.39, 0.29) is 24.6 Å². The second-order valence-corrected chi connectivity index (χ2v) is 12.9. The Hall–Kier alpha value is -4.43. The molecule has 0 unspecified atom stereocenters. The molecule has 2 aliphatic heterocycles. The van der Waals surface area contributed by atoms with Crippen LogP contribution in [0.1, 0.15) is 61.4 Å². The minimum Gasteiger partial charge on any atom is -0.508 e. The zero-order valence-corrected chi connectivity index (χ0v) is 26.8. The van der Waals surface area contributed by atoms with E-state index in [1.807, 2.05) is 25.1 Å². The lowest BCUT2D eigenvalue weighted by Crippen LogP contribution is -2.46. The number of halogens is 6. The number of fused-ring (bicyclic) bond motifs is 3. The molecule has 3 aromatic rings. The number of anilines is 1. The summed E-state index contributed by atoms with van der Waals surface area (Å²) in [7, 11) is -1.34. The first-order chi connectivity index (χ1) is 23.7. The fraction of sp³-hybridized carbons (Fsp3) is 0.361. The van der Waals surface area contributed by atoms with Crippen molar-refractivity contribution in [2.24, 2.45) is 17.8 Å². The Labute approximate surface area is 284 Å². The summed E-state index contributed by atoms with van der Waals surface area (Å²) in [6.45, 7) is 1.93. The van der Waals surface area contributed by atoms with Gasteiger partial charge >= 0.3 is 19.5 Å². The first-order valence-electron chi connectivity index (χ1n) is 16.3. The molecule has 0 saturated carbocycles. The van der Waals surface area contributed by atoms with Crippen molar-refractivity contribution in [1.29, 1.82) is 0 Å². The molecular formula is C36H33BF6N2O5. The lowest BCUT2D eigenvalue weighted by Gasteiger charge is -2.43. The highest BCUT2D eigenvalue weighted by molar-refractivity contribution is 6.43. The molecule has 0 radical (unpaired) electrons. The monoisotopic (exact) mass is 698 g/mol. The number of allylic oxidation sites excluding steroid dienone is 2. The second kappa shape index (κ2) is 13.7. The summed E-state index contributed by atoms with van der Waals surface area (Å²) >= 11 is 0. The highest BCUT2D eigenvalue weighted by atomic mass is 19.4. The third-order valence-corrected chi connectivity index (χ3v) is 9.59. The van der Waals surface area contributed by atoms with Crippen LogP contribution in [0.3, 0.4) is 0 Å². The van der Waals surface area contributed by atoms with Gasteiger partial charge in [-0.05, 0) is 103 Å². The zero-order chi connectivity index (χ0) is 36.0. The quantitative estimate of drug-likeness (QED) is 0.107. The van der Waals surface area contributed by atoms with Crippen LogP contribution in [-0.4, -0.2) is 40.2 Å². The molecule has 7 nitrogen and oxygen atoms in total. The van der Waals surface area contributed by atoms with Gasteiger partial charge < -0.3 is 14.8 Å². The summed E-state index contributed by atoms with van der Waals surface area (Å²) < 4.78 is 88.3. The summed E-state index contributed by atoms with van der Waals surface area (Å²) in [6.07, 6.45) is -5.53. The Bertz CT molecular complexity index is 1790. The van der Waals surface area contributed by atoms with E-state index in [0.717, 1.165) is 22.3 Å². The van der Waals surface area contributed by atoms with E-state index in [1.165, 1.54) is 0 Å². The van der Waals surface area contributed by atoms with Crippen molar-refractivity contribution in [3.05, 3.63) is 100 Å². The van der Waals surface area contributed by atoms with E-state index >= 15 is 0 Å². The maximum absolute atomic E-state index is 14.0. The van der Waals surface area contributed by atoms with Crippen molar-refractivity contribution in [3.63, 3.8) is 0 Å². The van der Waals surface area contributed by atoms with Gasteiger partial charge in [0.05, 0.1) is 40.4 Å². The fourth-order valence-corrected chi connectivity index (χ4v) is 7.51. The number of phenols is 1. The topological polar surface area (TPSA) is 100.0 Å². The van der Waals surface area contributed by atoms with E-state index in [4.69, 9.17) is 4.65 Å². The summed E-state index contributed by atoms with van der Waals surface area (Å²) in [5.41, 5.74) is -0.165. The SMILES string of the molecule is CCCC1=C2[C@@H](CC/C(=C/c3ccc(O)cc3)c3ccccn3)OB(O)C[C@@H]2[C@@H]2C(=O)N(c3cc(C(F)(F)F)cc(C(F)(F)F)c3)C(=O)[C@@H]2C1.